The van der Waals surface area contributed by atoms with Gasteiger partial charge in [-0.25, -0.2) is 0 Å². The van der Waals surface area contributed by atoms with Crippen LogP contribution in [0.2, 0.25) is 0 Å². The van der Waals surface area contributed by atoms with Crippen molar-refractivity contribution < 1.29 is 0 Å². The Bertz CT molecular complexity index is 77.6. The molecule has 1 aliphatic rings. The average Bonchev–Trinajstić information content (AvgIpc) is 2.12. The molecule has 1 rings (SSSR count). The summed E-state index contributed by atoms with van der Waals surface area (Å²) >= 11 is 3.25. The summed E-state index contributed by atoms with van der Waals surface area (Å²) in [5.74, 6) is 6.33. The van der Waals surface area contributed by atoms with Crippen LogP contribution in [0.5, 0.6) is 0 Å². The molecule has 1 heteroatoms. The second-order valence-corrected chi connectivity index (χ2v) is 1.64. The lowest BCUT2D eigenvalue weighted by atomic mass is 10.4. The first-order valence-corrected chi connectivity index (χ1v) is 2.62. The molecule has 0 aromatic carbocycles. The lowest BCUT2D eigenvalue weighted by Crippen LogP contribution is -1.74. The zero-order valence-electron chi connectivity index (χ0n) is 2.66. The third kappa shape index (κ3) is 0.662. The van der Waals surface area contributed by atoms with Crippen LogP contribution in [0.15, 0.2) is 0 Å². The number of halogens is 1. The van der Waals surface area contributed by atoms with E-state index in [2.05, 4.69) is 27.8 Å². The van der Waals surface area contributed by atoms with Gasteiger partial charge in [-0.05, 0) is 0 Å². The summed E-state index contributed by atoms with van der Waals surface area (Å²) in [6, 6.07) is 0. The maximum absolute atomic E-state index is 3.25. The Labute approximate surface area is 39.7 Å². The van der Waals surface area contributed by atoms with Crippen molar-refractivity contribution in [2.24, 2.45) is 5.92 Å². The van der Waals surface area contributed by atoms with Crippen LogP contribution in [0.3, 0.4) is 0 Å². The predicted molar refractivity (Wildman–Crippen MR) is 25.1 cm³/mol. The van der Waals surface area contributed by atoms with E-state index in [1.165, 1.54) is 0 Å². The van der Waals surface area contributed by atoms with Gasteiger partial charge in [-0.2, -0.15) is 0 Å². The summed E-state index contributed by atoms with van der Waals surface area (Å²) in [6.07, 6.45) is 0. The van der Waals surface area contributed by atoms with Crippen molar-refractivity contribution in [2.45, 2.75) is 0 Å². The first-order chi connectivity index (χ1) is 2.43. The molecule has 26 valence electrons. The highest BCUT2D eigenvalue weighted by Crippen LogP contribution is 2.06. The fourth-order valence-corrected chi connectivity index (χ4v) is 0.460. The molecule has 0 fully saturated rings. The van der Waals surface area contributed by atoms with Gasteiger partial charge in [0.2, 0.25) is 0 Å². The first kappa shape index (κ1) is 3.24. The monoisotopic (exact) mass is 130 g/mol. The maximum atomic E-state index is 3.25. The van der Waals surface area contributed by atoms with Crippen molar-refractivity contribution in [3.8, 4) is 11.8 Å². The van der Waals surface area contributed by atoms with E-state index in [1.54, 1.807) is 0 Å². The zero-order valence-corrected chi connectivity index (χ0v) is 4.25. The van der Waals surface area contributed by atoms with E-state index in [1.807, 2.05) is 0 Å². The minimum Gasteiger partial charge on any atom is -0.0904 e. The van der Waals surface area contributed by atoms with Gasteiger partial charge in [0.1, 0.15) is 0 Å². The second kappa shape index (κ2) is 1.02. The highest BCUT2D eigenvalue weighted by atomic mass is 79.9. The molecule has 0 heterocycles. The van der Waals surface area contributed by atoms with Crippen LogP contribution in [-0.4, -0.2) is 5.33 Å². The lowest BCUT2D eigenvalue weighted by molar-refractivity contribution is 1.15. The number of rotatable bonds is 1. The molecule has 1 aliphatic carbocycles. The molecular weight excluding hydrogens is 128 g/mol. The van der Waals surface area contributed by atoms with Gasteiger partial charge in [-0.3, -0.25) is 0 Å². The van der Waals surface area contributed by atoms with E-state index in [-0.39, 0.29) is 0 Å². The van der Waals surface area contributed by atoms with Crippen molar-refractivity contribution in [3.63, 3.8) is 0 Å². The van der Waals surface area contributed by atoms with Crippen LogP contribution >= 0.6 is 15.9 Å². The Balaban J connectivity index is 2.08. The van der Waals surface area contributed by atoms with Crippen LogP contribution in [0.25, 0.3) is 0 Å². The molecule has 0 saturated carbocycles. The number of hydrogen-bond donors (Lipinski definition) is 0. The van der Waals surface area contributed by atoms with E-state index >= 15 is 0 Å². The van der Waals surface area contributed by atoms with Crippen LogP contribution < -0.4 is 0 Å². The molecule has 0 N–H and O–H groups in total. The van der Waals surface area contributed by atoms with Gasteiger partial charge in [0, 0.05) is 5.33 Å². The molecule has 0 aromatic rings. The molecule has 0 amide bonds. The maximum Gasteiger partial charge on any atom is 0.0908 e. The third-order valence-electron chi connectivity index (χ3n) is 0.503. The van der Waals surface area contributed by atoms with Crippen molar-refractivity contribution in [1.82, 2.24) is 0 Å². The largest absolute Gasteiger partial charge is 0.0908 e. The van der Waals surface area contributed by atoms with Gasteiger partial charge >= 0.3 is 0 Å². The molecule has 0 aromatic heterocycles. The van der Waals surface area contributed by atoms with Gasteiger partial charge in [-0.15, -0.1) is 0 Å². The summed E-state index contributed by atoms with van der Waals surface area (Å²) in [5.41, 5.74) is 0. The molecule has 0 unspecified atom stereocenters. The van der Waals surface area contributed by atoms with Crippen molar-refractivity contribution in [3.05, 3.63) is 0 Å². The molecule has 0 aliphatic heterocycles. The van der Waals surface area contributed by atoms with Crippen LogP contribution in [0, 0.1) is 17.8 Å². The van der Waals surface area contributed by atoms with Gasteiger partial charge < -0.3 is 0 Å². The Hall–Kier alpha value is 0.0400. The number of alkyl halides is 1. The van der Waals surface area contributed by atoms with Crippen LogP contribution in [-0.2, 0) is 0 Å². The zero-order chi connectivity index (χ0) is 3.70. The third-order valence-corrected chi connectivity index (χ3v) is 1.15. The molecular formula is C4H3Br. The minimum absolute atomic E-state index is 0.551. The van der Waals surface area contributed by atoms with E-state index in [0.717, 1.165) is 5.33 Å². The van der Waals surface area contributed by atoms with Crippen molar-refractivity contribution in [2.75, 3.05) is 5.33 Å². The van der Waals surface area contributed by atoms with Gasteiger partial charge in [0.15, 0.2) is 0 Å². The Kier molecular flexibility index (Phi) is 0.663. The molecule has 5 heavy (non-hydrogen) atoms. The van der Waals surface area contributed by atoms with Crippen molar-refractivity contribution >= 4 is 15.9 Å². The van der Waals surface area contributed by atoms with Crippen LogP contribution in [0.4, 0.5) is 0 Å². The van der Waals surface area contributed by atoms with E-state index in [0.29, 0.717) is 5.92 Å². The van der Waals surface area contributed by atoms with Crippen molar-refractivity contribution in [1.29, 1.82) is 0 Å². The minimum atomic E-state index is 0.551. The molecule has 0 nitrogen and oxygen atoms in total. The average molecular weight is 131 g/mol. The van der Waals surface area contributed by atoms with Gasteiger partial charge in [-0.1, -0.05) is 27.8 Å². The smallest absolute Gasteiger partial charge is 0.0904 e. The van der Waals surface area contributed by atoms with E-state index < -0.39 is 0 Å². The highest BCUT2D eigenvalue weighted by molar-refractivity contribution is 9.09. The molecule has 0 atom stereocenters. The topological polar surface area (TPSA) is 0 Å². The molecule has 0 spiro atoms. The summed E-state index contributed by atoms with van der Waals surface area (Å²) in [6.45, 7) is 0. The Morgan fingerprint density at radius 3 is 2.20 bits per heavy atom. The fourth-order valence-electron chi connectivity index (χ4n) is 0.136. The van der Waals surface area contributed by atoms with E-state index in [9.17, 15) is 0 Å². The predicted octanol–water partition coefficient (Wildman–Crippen LogP) is 1.01. The highest BCUT2D eigenvalue weighted by Gasteiger charge is 2.04. The van der Waals surface area contributed by atoms with Gasteiger partial charge in [0.05, 0.1) is 5.92 Å². The number of hydrogen-bond acceptors (Lipinski definition) is 0. The summed E-state index contributed by atoms with van der Waals surface area (Å²) in [5, 5.41) is 1.01. The molecule has 0 bridgehead atoms. The fraction of sp³-hybridized carbons (Fsp3) is 0.500. The normalized spacial score (nSPS) is 17.0. The summed E-state index contributed by atoms with van der Waals surface area (Å²) < 4.78 is 0. The molecule has 0 radical (unpaired) electrons. The SMILES string of the molecule is BrCC1C#C1. The Morgan fingerprint density at radius 1 is 1.60 bits per heavy atom. The van der Waals surface area contributed by atoms with Crippen LogP contribution in [0.1, 0.15) is 0 Å². The Morgan fingerprint density at radius 2 is 2.20 bits per heavy atom. The molecule has 0 saturated heterocycles. The standard InChI is InChI=1S/C4H3Br/c5-3-4-1-2-4/h4H,3H2. The first-order valence-electron chi connectivity index (χ1n) is 1.50. The second-order valence-electron chi connectivity index (χ2n) is 0.996. The van der Waals surface area contributed by atoms with Gasteiger partial charge in [0.25, 0.3) is 0 Å². The van der Waals surface area contributed by atoms with E-state index in [4.69, 9.17) is 0 Å². The quantitative estimate of drug-likeness (QED) is 0.368. The lowest BCUT2D eigenvalue weighted by Gasteiger charge is -1.71. The summed E-state index contributed by atoms with van der Waals surface area (Å²) in [4.78, 5) is 0. The summed E-state index contributed by atoms with van der Waals surface area (Å²) in [7, 11) is 0.